The van der Waals surface area contributed by atoms with Crippen LogP contribution in [-0.4, -0.2) is 50.6 Å². The highest BCUT2D eigenvalue weighted by atomic mass is 32.1. The molecule has 6 rings (SSSR count). The van der Waals surface area contributed by atoms with Crippen LogP contribution in [0.3, 0.4) is 0 Å². The lowest BCUT2D eigenvalue weighted by atomic mass is 9.96. The second-order valence-electron chi connectivity index (χ2n) is 9.68. The molecule has 180 valence electrons. The smallest absolute Gasteiger partial charge is 0.245 e. The summed E-state index contributed by atoms with van der Waals surface area (Å²) >= 11 is 1.65. The molecule has 1 atom stereocenters. The minimum Gasteiger partial charge on any atom is -0.381 e. The maximum absolute atomic E-state index is 13.0. The van der Waals surface area contributed by atoms with Crippen LogP contribution in [0.5, 0.6) is 0 Å². The Kier molecular flexibility index (Phi) is 5.45. The van der Waals surface area contributed by atoms with Gasteiger partial charge >= 0.3 is 0 Å². The normalized spacial score (nSPS) is 18.9. The van der Waals surface area contributed by atoms with Gasteiger partial charge in [-0.2, -0.15) is 0 Å². The van der Waals surface area contributed by atoms with Crippen molar-refractivity contribution in [2.75, 3.05) is 20.3 Å². The summed E-state index contributed by atoms with van der Waals surface area (Å²) in [6.45, 7) is 8.17. The molecule has 1 unspecified atom stereocenters. The number of imidazole rings is 1. The van der Waals surface area contributed by atoms with Crippen LogP contribution >= 0.6 is 11.3 Å². The molecule has 7 nitrogen and oxygen atoms in total. The molecule has 3 aromatic heterocycles. The molecule has 1 amide bonds. The van der Waals surface area contributed by atoms with Crippen molar-refractivity contribution in [2.45, 2.75) is 52.1 Å². The molecule has 4 aromatic rings. The van der Waals surface area contributed by atoms with E-state index >= 15 is 0 Å². The second-order valence-corrected chi connectivity index (χ2v) is 10.9. The van der Waals surface area contributed by atoms with Crippen molar-refractivity contribution in [2.24, 2.45) is 0 Å². The highest BCUT2D eigenvalue weighted by Gasteiger charge is 2.36. The number of carbonyl (C=O) groups is 1. The number of carbonyl (C=O) groups excluding carboxylic acids is 1. The maximum Gasteiger partial charge on any atom is 0.245 e. The topological polar surface area (TPSA) is 73.1 Å². The Morgan fingerprint density at radius 2 is 1.91 bits per heavy atom. The molecular formula is C27H29N5O2S. The van der Waals surface area contributed by atoms with Crippen molar-refractivity contribution in [1.29, 1.82) is 0 Å². The van der Waals surface area contributed by atoms with Gasteiger partial charge in [0.1, 0.15) is 11.9 Å². The summed E-state index contributed by atoms with van der Waals surface area (Å²) in [5.41, 5.74) is 5.29. The number of likely N-dealkylation sites (N-methyl/N-ethyl adjacent to an activating group) is 1. The number of nitrogens with zero attached hydrogens (tertiary/aromatic N) is 5. The third kappa shape index (κ3) is 3.67. The fourth-order valence-corrected chi connectivity index (χ4v) is 6.25. The van der Waals surface area contributed by atoms with Crippen LogP contribution in [0.2, 0.25) is 0 Å². The fourth-order valence-electron chi connectivity index (χ4n) is 5.50. The van der Waals surface area contributed by atoms with Crippen LogP contribution in [0.15, 0.2) is 30.6 Å². The maximum atomic E-state index is 13.0. The molecule has 2 aliphatic heterocycles. The van der Waals surface area contributed by atoms with E-state index in [2.05, 4.69) is 34.7 Å². The monoisotopic (exact) mass is 487 g/mol. The van der Waals surface area contributed by atoms with E-state index in [1.54, 1.807) is 11.3 Å². The van der Waals surface area contributed by atoms with Gasteiger partial charge in [0.25, 0.3) is 0 Å². The first-order valence-electron chi connectivity index (χ1n) is 12.2. The number of thiazole rings is 1. The lowest BCUT2D eigenvalue weighted by molar-refractivity contribution is -0.135. The van der Waals surface area contributed by atoms with Crippen LogP contribution in [-0.2, 0) is 16.1 Å². The Morgan fingerprint density at radius 3 is 2.66 bits per heavy atom. The number of amides is 1. The SMILES string of the molecule is Cc1ncc(-c2cc3ccc(C)c(-c4nc(C5CCOCC5)n5c4CN(C)C(=O)C5C)c3cn2)s1. The summed E-state index contributed by atoms with van der Waals surface area (Å²) in [6.07, 6.45) is 5.73. The number of benzene rings is 1. The van der Waals surface area contributed by atoms with Gasteiger partial charge in [0, 0.05) is 49.5 Å². The molecule has 1 saturated heterocycles. The molecule has 1 aromatic carbocycles. The predicted octanol–water partition coefficient (Wildman–Crippen LogP) is 5.27. The van der Waals surface area contributed by atoms with Crippen LogP contribution in [0.1, 0.15) is 53.8 Å². The van der Waals surface area contributed by atoms with Gasteiger partial charge in [-0.3, -0.25) is 9.78 Å². The largest absolute Gasteiger partial charge is 0.381 e. The van der Waals surface area contributed by atoms with E-state index in [4.69, 9.17) is 14.7 Å². The first-order valence-corrected chi connectivity index (χ1v) is 13.0. The number of aryl methyl sites for hydroxylation is 2. The molecule has 5 heterocycles. The lowest BCUT2D eigenvalue weighted by Crippen LogP contribution is -2.40. The number of hydrogen-bond acceptors (Lipinski definition) is 6. The van der Waals surface area contributed by atoms with Gasteiger partial charge in [0.2, 0.25) is 5.91 Å². The molecule has 0 aliphatic carbocycles. The fraction of sp³-hybridized carbons (Fsp3) is 0.407. The van der Waals surface area contributed by atoms with Gasteiger partial charge in [-0.15, -0.1) is 11.3 Å². The van der Waals surface area contributed by atoms with Crippen LogP contribution in [0.25, 0.3) is 32.6 Å². The van der Waals surface area contributed by atoms with Gasteiger partial charge in [0.15, 0.2) is 0 Å². The molecule has 1 fully saturated rings. The molecule has 2 aliphatic rings. The van der Waals surface area contributed by atoms with Gasteiger partial charge in [-0.1, -0.05) is 12.1 Å². The van der Waals surface area contributed by atoms with E-state index in [0.717, 1.165) is 80.7 Å². The molecule has 0 N–H and O–H groups in total. The Bertz CT molecular complexity index is 1450. The van der Waals surface area contributed by atoms with Gasteiger partial charge in [-0.25, -0.2) is 9.97 Å². The van der Waals surface area contributed by atoms with E-state index in [1.165, 1.54) is 0 Å². The standard InChI is InChI=1S/C27H29N5O2S/c1-15-5-6-19-11-21(23-13-28-17(3)35-23)29-12-20(19)24(15)25-22-14-31(4)27(33)16(2)32(22)26(30-25)18-7-9-34-10-8-18/h5-6,11-13,16,18H,7-10,14H2,1-4H3. The molecule has 35 heavy (non-hydrogen) atoms. The molecule has 8 heteroatoms. The first kappa shape index (κ1) is 22.4. The number of hydrogen-bond donors (Lipinski definition) is 0. The molecule has 0 bridgehead atoms. The van der Waals surface area contributed by atoms with E-state index in [1.807, 2.05) is 38.2 Å². The van der Waals surface area contributed by atoms with Crippen LogP contribution in [0, 0.1) is 13.8 Å². The van der Waals surface area contributed by atoms with E-state index < -0.39 is 0 Å². The number of aromatic nitrogens is 4. The van der Waals surface area contributed by atoms with Crippen molar-refractivity contribution >= 4 is 28.0 Å². The Hall–Kier alpha value is -3.10. The Balaban J connectivity index is 1.56. The zero-order valence-electron chi connectivity index (χ0n) is 20.5. The van der Waals surface area contributed by atoms with Gasteiger partial charge in [0.05, 0.1) is 33.5 Å². The average molecular weight is 488 g/mol. The van der Waals surface area contributed by atoms with Crippen molar-refractivity contribution < 1.29 is 9.53 Å². The molecule has 0 spiro atoms. The Morgan fingerprint density at radius 1 is 1.11 bits per heavy atom. The third-order valence-corrected chi connectivity index (χ3v) is 8.29. The summed E-state index contributed by atoms with van der Waals surface area (Å²) in [5, 5.41) is 3.25. The van der Waals surface area contributed by atoms with Crippen molar-refractivity contribution in [3.05, 3.63) is 52.7 Å². The Labute approximate surface area is 208 Å². The average Bonchev–Trinajstić information content (AvgIpc) is 3.47. The van der Waals surface area contributed by atoms with Crippen molar-refractivity contribution in [3.63, 3.8) is 0 Å². The van der Waals surface area contributed by atoms with Crippen LogP contribution < -0.4 is 0 Å². The van der Waals surface area contributed by atoms with Crippen molar-refractivity contribution in [3.8, 4) is 21.8 Å². The number of pyridine rings is 1. The van der Waals surface area contributed by atoms with Crippen molar-refractivity contribution in [1.82, 2.24) is 24.4 Å². The summed E-state index contributed by atoms with van der Waals surface area (Å²) < 4.78 is 7.84. The zero-order chi connectivity index (χ0) is 24.3. The quantitative estimate of drug-likeness (QED) is 0.394. The third-order valence-electron chi connectivity index (χ3n) is 7.35. The summed E-state index contributed by atoms with van der Waals surface area (Å²) in [6, 6.07) is 6.21. The summed E-state index contributed by atoms with van der Waals surface area (Å²) in [4.78, 5) is 30.4. The first-order chi connectivity index (χ1) is 16.9. The number of rotatable bonds is 3. The highest BCUT2D eigenvalue weighted by Crippen LogP contribution is 2.41. The number of ether oxygens (including phenoxy) is 1. The van der Waals surface area contributed by atoms with Gasteiger partial charge in [-0.05, 0) is 50.6 Å². The van der Waals surface area contributed by atoms with Gasteiger partial charge < -0.3 is 14.2 Å². The van der Waals surface area contributed by atoms with E-state index in [9.17, 15) is 4.79 Å². The van der Waals surface area contributed by atoms with E-state index in [-0.39, 0.29) is 11.9 Å². The minimum absolute atomic E-state index is 0.135. The molecular weight excluding hydrogens is 458 g/mol. The summed E-state index contributed by atoms with van der Waals surface area (Å²) in [7, 11) is 1.88. The second kappa shape index (κ2) is 8.53. The highest BCUT2D eigenvalue weighted by molar-refractivity contribution is 7.15. The van der Waals surface area contributed by atoms with E-state index in [0.29, 0.717) is 12.5 Å². The minimum atomic E-state index is -0.266. The predicted molar refractivity (Wildman–Crippen MR) is 138 cm³/mol. The lowest BCUT2D eigenvalue weighted by Gasteiger charge is -2.33. The number of fused-ring (bicyclic) bond motifs is 2. The van der Waals surface area contributed by atoms with Crippen LogP contribution in [0.4, 0.5) is 0 Å². The summed E-state index contributed by atoms with van der Waals surface area (Å²) in [5.74, 6) is 1.45. The molecule has 0 saturated carbocycles. The molecule has 0 radical (unpaired) electrons. The zero-order valence-corrected chi connectivity index (χ0v) is 21.4.